The predicted molar refractivity (Wildman–Crippen MR) is 70.3 cm³/mol. The number of rotatable bonds is 5. The summed E-state index contributed by atoms with van der Waals surface area (Å²) in [7, 11) is 2.06. The van der Waals surface area contributed by atoms with Crippen molar-refractivity contribution >= 4 is 0 Å². The summed E-state index contributed by atoms with van der Waals surface area (Å²) in [6.45, 7) is 7.50. The van der Waals surface area contributed by atoms with Crippen LogP contribution in [-0.4, -0.2) is 28.7 Å². The van der Waals surface area contributed by atoms with Crippen molar-refractivity contribution in [3.05, 3.63) is 23.8 Å². The van der Waals surface area contributed by atoms with Crippen LogP contribution in [-0.2, 0) is 0 Å². The Labute approximate surface area is 104 Å². The van der Waals surface area contributed by atoms with E-state index in [1.54, 1.807) is 12.1 Å². The molecule has 1 aromatic rings. The third-order valence-corrected chi connectivity index (χ3v) is 3.13. The van der Waals surface area contributed by atoms with Crippen LogP contribution in [0.4, 0.5) is 0 Å². The van der Waals surface area contributed by atoms with Gasteiger partial charge >= 0.3 is 0 Å². The zero-order chi connectivity index (χ0) is 13.0. The number of aromatic hydroxyl groups is 2. The van der Waals surface area contributed by atoms with Crippen LogP contribution in [0.3, 0.4) is 0 Å². The van der Waals surface area contributed by atoms with Crippen molar-refractivity contribution in [3.8, 4) is 11.5 Å². The Balaban J connectivity index is 2.70. The molecule has 1 rings (SSSR count). The topological polar surface area (TPSA) is 43.7 Å². The number of benzene rings is 1. The zero-order valence-corrected chi connectivity index (χ0v) is 11.1. The second-order valence-electron chi connectivity index (χ2n) is 5.12. The standard InChI is InChI=1S/C14H23NO2/c1-10(2)5-6-15(4)11(3)12-7-13(16)9-14(17)8-12/h7-11,16-17H,5-6H2,1-4H3. The van der Waals surface area contributed by atoms with Crippen molar-refractivity contribution in [2.24, 2.45) is 5.92 Å². The molecule has 0 amide bonds. The van der Waals surface area contributed by atoms with Crippen LogP contribution in [0.5, 0.6) is 11.5 Å². The molecule has 0 aliphatic heterocycles. The summed E-state index contributed by atoms with van der Waals surface area (Å²) in [5.74, 6) is 0.912. The van der Waals surface area contributed by atoms with Gasteiger partial charge in [-0.3, -0.25) is 4.90 Å². The first-order chi connectivity index (χ1) is 7.90. The molecule has 3 heteroatoms. The molecule has 1 unspecified atom stereocenters. The molecule has 3 nitrogen and oxygen atoms in total. The van der Waals surface area contributed by atoms with Gasteiger partial charge in [0.1, 0.15) is 11.5 Å². The van der Waals surface area contributed by atoms with Crippen LogP contribution >= 0.6 is 0 Å². The quantitative estimate of drug-likeness (QED) is 0.827. The molecular weight excluding hydrogens is 214 g/mol. The fourth-order valence-corrected chi connectivity index (χ4v) is 1.77. The Morgan fingerprint density at radius 2 is 1.59 bits per heavy atom. The first-order valence-electron chi connectivity index (χ1n) is 6.13. The summed E-state index contributed by atoms with van der Waals surface area (Å²) in [4.78, 5) is 2.23. The van der Waals surface area contributed by atoms with Crippen LogP contribution in [0.25, 0.3) is 0 Å². The average molecular weight is 237 g/mol. The summed E-state index contributed by atoms with van der Waals surface area (Å²) >= 11 is 0. The number of phenols is 2. The minimum atomic E-state index is 0.115. The highest BCUT2D eigenvalue weighted by Gasteiger charge is 2.13. The van der Waals surface area contributed by atoms with Gasteiger partial charge < -0.3 is 10.2 Å². The molecule has 96 valence electrons. The van der Waals surface area contributed by atoms with Crippen molar-refractivity contribution in [1.29, 1.82) is 0 Å². The normalized spacial score (nSPS) is 13.3. The number of phenolic OH excluding ortho intramolecular Hbond substituents is 2. The fraction of sp³-hybridized carbons (Fsp3) is 0.571. The van der Waals surface area contributed by atoms with Crippen molar-refractivity contribution in [2.45, 2.75) is 33.2 Å². The van der Waals surface area contributed by atoms with E-state index in [0.717, 1.165) is 18.5 Å². The van der Waals surface area contributed by atoms with Gasteiger partial charge in [-0.25, -0.2) is 0 Å². The highest BCUT2D eigenvalue weighted by molar-refractivity contribution is 5.37. The predicted octanol–water partition coefficient (Wildman–Crippen LogP) is 3.14. The summed E-state index contributed by atoms with van der Waals surface area (Å²) in [5, 5.41) is 18.9. The highest BCUT2D eigenvalue weighted by Crippen LogP contribution is 2.27. The average Bonchev–Trinajstić information content (AvgIpc) is 2.23. The van der Waals surface area contributed by atoms with Gasteiger partial charge in [0.15, 0.2) is 0 Å². The second-order valence-corrected chi connectivity index (χ2v) is 5.12. The zero-order valence-electron chi connectivity index (χ0n) is 11.1. The summed E-state index contributed by atoms with van der Waals surface area (Å²) in [6, 6.07) is 4.95. The minimum Gasteiger partial charge on any atom is -0.508 e. The lowest BCUT2D eigenvalue weighted by atomic mass is 10.0. The molecular formula is C14H23NO2. The van der Waals surface area contributed by atoms with Gasteiger partial charge in [0.2, 0.25) is 0 Å². The van der Waals surface area contributed by atoms with Crippen molar-refractivity contribution < 1.29 is 10.2 Å². The van der Waals surface area contributed by atoms with E-state index in [2.05, 4.69) is 32.7 Å². The molecule has 0 bridgehead atoms. The van der Waals surface area contributed by atoms with Crippen LogP contribution in [0, 0.1) is 5.92 Å². The van der Waals surface area contributed by atoms with Gasteiger partial charge in [-0.1, -0.05) is 13.8 Å². The molecule has 2 N–H and O–H groups in total. The van der Waals surface area contributed by atoms with Gasteiger partial charge in [0.25, 0.3) is 0 Å². The van der Waals surface area contributed by atoms with E-state index >= 15 is 0 Å². The van der Waals surface area contributed by atoms with E-state index in [-0.39, 0.29) is 17.5 Å². The number of hydrogen-bond acceptors (Lipinski definition) is 3. The SMILES string of the molecule is CC(C)CCN(C)C(C)c1cc(O)cc(O)c1. The Morgan fingerprint density at radius 1 is 1.06 bits per heavy atom. The van der Waals surface area contributed by atoms with E-state index in [1.807, 2.05) is 0 Å². The smallest absolute Gasteiger partial charge is 0.119 e. The third kappa shape index (κ3) is 4.27. The van der Waals surface area contributed by atoms with E-state index in [1.165, 1.54) is 6.07 Å². The maximum absolute atomic E-state index is 9.46. The van der Waals surface area contributed by atoms with Crippen LogP contribution in [0.2, 0.25) is 0 Å². The van der Waals surface area contributed by atoms with Gasteiger partial charge in [0.05, 0.1) is 0 Å². The van der Waals surface area contributed by atoms with Crippen LogP contribution < -0.4 is 0 Å². The lowest BCUT2D eigenvalue weighted by Gasteiger charge is -2.26. The molecule has 0 aliphatic rings. The van der Waals surface area contributed by atoms with E-state index in [9.17, 15) is 10.2 Å². The third-order valence-electron chi connectivity index (χ3n) is 3.13. The van der Waals surface area contributed by atoms with Gasteiger partial charge in [0, 0.05) is 12.1 Å². The minimum absolute atomic E-state index is 0.115. The lowest BCUT2D eigenvalue weighted by molar-refractivity contribution is 0.245. The fourth-order valence-electron chi connectivity index (χ4n) is 1.77. The second kappa shape index (κ2) is 5.92. The van der Waals surface area contributed by atoms with Gasteiger partial charge in [-0.05, 0) is 50.6 Å². The van der Waals surface area contributed by atoms with E-state index in [4.69, 9.17) is 0 Å². The summed E-state index contributed by atoms with van der Waals surface area (Å²) < 4.78 is 0. The van der Waals surface area contributed by atoms with Crippen molar-refractivity contribution in [3.63, 3.8) is 0 Å². The van der Waals surface area contributed by atoms with Crippen molar-refractivity contribution in [1.82, 2.24) is 4.90 Å². The van der Waals surface area contributed by atoms with Crippen LogP contribution in [0.1, 0.15) is 38.8 Å². The van der Waals surface area contributed by atoms with Crippen LogP contribution in [0.15, 0.2) is 18.2 Å². The molecule has 1 atom stereocenters. The Bertz CT molecular complexity index is 343. The van der Waals surface area contributed by atoms with E-state index in [0.29, 0.717) is 5.92 Å². The summed E-state index contributed by atoms with van der Waals surface area (Å²) in [6.07, 6.45) is 1.14. The monoisotopic (exact) mass is 237 g/mol. The molecule has 0 saturated carbocycles. The molecule has 0 radical (unpaired) electrons. The molecule has 17 heavy (non-hydrogen) atoms. The summed E-state index contributed by atoms with van der Waals surface area (Å²) in [5.41, 5.74) is 0.939. The van der Waals surface area contributed by atoms with Gasteiger partial charge in [-0.2, -0.15) is 0 Å². The Hall–Kier alpha value is -1.22. The first kappa shape index (κ1) is 13.8. The largest absolute Gasteiger partial charge is 0.508 e. The maximum atomic E-state index is 9.46. The molecule has 0 aromatic heterocycles. The first-order valence-corrected chi connectivity index (χ1v) is 6.13. The van der Waals surface area contributed by atoms with Crippen molar-refractivity contribution in [2.75, 3.05) is 13.6 Å². The van der Waals surface area contributed by atoms with E-state index < -0.39 is 0 Å². The molecule has 1 aromatic carbocycles. The van der Waals surface area contributed by atoms with Gasteiger partial charge in [-0.15, -0.1) is 0 Å². The maximum Gasteiger partial charge on any atom is 0.119 e. The number of nitrogens with zero attached hydrogens (tertiary/aromatic N) is 1. The molecule has 0 spiro atoms. The molecule has 0 saturated heterocycles. The molecule has 0 aliphatic carbocycles. The Morgan fingerprint density at radius 3 is 2.06 bits per heavy atom. The lowest BCUT2D eigenvalue weighted by Crippen LogP contribution is -2.24. The molecule has 0 heterocycles. The highest BCUT2D eigenvalue weighted by atomic mass is 16.3. The number of hydrogen-bond donors (Lipinski definition) is 2. The molecule has 0 fully saturated rings. The Kier molecular flexibility index (Phi) is 4.82.